The smallest absolute Gasteiger partial charge is 0.269 e. The molecule has 1 aromatic carbocycles. The zero-order chi connectivity index (χ0) is 11.5. The topological polar surface area (TPSA) is 47.0 Å². The molecule has 4 nitrogen and oxygen atoms in total. The highest BCUT2D eigenvalue weighted by Gasteiger charge is 2.10. The number of aromatic nitrogens is 1. The van der Waals surface area contributed by atoms with E-state index in [1.54, 1.807) is 12.1 Å². The van der Waals surface area contributed by atoms with Crippen LogP contribution in [0.2, 0.25) is 0 Å². The van der Waals surface area contributed by atoms with E-state index in [-0.39, 0.29) is 18.1 Å². The van der Waals surface area contributed by atoms with Gasteiger partial charge >= 0.3 is 0 Å². The second kappa shape index (κ2) is 5.41. The van der Waals surface area contributed by atoms with Crippen LogP contribution in [-0.2, 0) is 7.05 Å². The summed E-state index contributed by atoms with van der Waals surface area (Å²) in [4.78, 5) is 10.1. The Kier molecular flexibility index (Phi) is 4.17. The van der Waals surface area contributed by atoms with Gasteiger partial charge in [0.15, 0.2) is 6.20 Å². The van der Waals surface area contributed by atoms with Crippen molar-refractivity contribution in [1.82, 2.24) is 0 Å². The van der Waals surface area contributed by atoms with Gasteiger partial charge in [0.2, 0.25) is 5.69 Å². The quantitative estimate of drug-likeness (QED) is 0.394. The van der Waals surface area contributed by atoms with Gasteiger partial charge in [0, 0.05) is 29.8 Å². The van der Waals surface area contributed by atoms with Crippen molar-refractivity contribution in [3.05, 3.63) is 58.8 Å². The molecule has 0 radical (unpaired) electrons. The fourth-order valence-corrected chi connectivity index (χ4v) is 1.58. The molecule has 0 saturated heterocycles. The van der Waals surface area contributed by atoms with Crippen molar-refractivity contribution in [1.29, 1.82) is 0 Å². The maximum atomic E-state index is 10.5. The Morgan fingerprint density at radius 3 is 2.29 bits per heavy atom. The molecule has 2 aromatic rings. The lowest BCUT2D eigenvalue weighted by Crippen LogP contribution is -3.00. The largest absolute Gasteiger partial charge is 1.00 e. The number of nitrogens with zero attached hydrogens (tertiary/aromatic N) is 2. The van der Waals surface area contributed by atoms with Gasteiger partial charge in [-0.25, -0.2) is 4.57 Å². The third-order valence-corrected chi connectivity index (χ3v) is 2.43. The molecule has 0 N–H and O–H groups in total. The Labute approximate surface area is 105 Å². The Morgan fingerprint density at radius 2 is 1.76 bits per heavy atom. The van der Waals surface area contributed by atoms with Crippen molar-refractivity contribution in [2.75, 3.05) is 0 Å². The van der Waals surface area contributed by atoms with E-state index < -0.39 is 4.92 Å². The van der Waals surface area contributed by atoms with E-state index in [4.69, 9.17) is 0 Å². The summed E-state index contributed by atoms with van der Waals surface area (Å²) in [6.07, 6.45) is 1.94. The lowest BCUT2D eigenvalue weighted by molar-refractivity contribution is -0.660. The summed E-state index contributed by atoms with van der Waals surface area (Å²) in [7, 11) is 1.94. The molecule has 0 aliphatic heterocycles. The Hall–Kier alpha value is -1.94. The van der Waals surface area contributed by atoms with Crippen LogP contribution in [0.4, 0.5) is 5.69 Å². The third kappa shape index (κ3) is 2.79. The lowest BCUT2D eigenvalue weighted by atomic mass is 10.1. The molecule has 0 aliphatic rings. The van der Waals surface area contributed by atoms with E-state index in [2.05, 4.69) is 0 Å². The van der Waals surface area contributed by atoms with Crippen LogP contribution in [0.3, 0.4) is 0 Å². The number of nitro groups is 1. The van der Waals surface area contributed by atoms with Crippen LogP contribution in [0.5, 0.6) is 0 Å². The number of benzene rings is 1. The van der Waals surface area contributed by atoms with Gasteiger partial charge in [0.05, 0.1) is 4.92 Å². The molecule has 2 rings (SSSR count). The first-order chi connectivity index (χ1) is 7.68. The molecule has 0 unspecified atom stereocenters. The maximum absolute atomic E-state index is 10.5. The zero-order valence-corrected chi connectivity index (χ0v) is 9.96. The van der Waals surface area contributed by atoms with Crippen LogP contribution < -0.4 is 17.0 Å². The van der Waals surface area contributed by atoms with Gasteiger partial charge in [0.25, 0.3) is 5.69 Å². The van der Waals surface area contributed by atoms with Gasteiger partial charge in [-0.3, -0.25) is 10.1 Å². The highest BCUT2D eigenvalue weighted by molar-refractivity contribution is 5.58. The predicted molar refractivity (Wildman–Crippen MR) is 59.7 cm³/mol. The monoisotopic (exact) mass is 250 g/mol. The fraction of sp³-hybridized carbons (Fsp3) is 0.0833. The number of non-ortho nitro benzene ring substituents is 1. The van der Waals surface area contributed by atoms with Crippen LogP contribution in [-0.4, -0.2) is 4.92 Å². The number of nitro benzene ring substituents is 1. The van der Waals surface area contributed by atoms with E-state index >= 15 is 0 Å². The SMILES string of the molecule is C[n+]1ccccc1-c1ccc([N+](=O)[O-])cc1.[Cl-]. The number of rotatable bonds is 2. The van der Waals surface area contributed by atoms with Gasteiger partial charge in [-0.1, -0.05) is 0 Å². The first kappa shape index (κ1) is 13.1. The number of aryl methyl sites for hydroxylation is 1. The highest BCUT2D eigenvalue weighted by Crippen LogP contribution is 2.18. The van der Waals surface area contributed by atoms with Crippen molar-refractivity contribution in [2.24, 2.45) is 7.05 Å². The lowest BCUT2D eigenvalue weighted by Gasteiger charge is -1.99. The summed E-state index contributed by atoms with van der Waals surface area (Å²) in [5, 5.41) is 10.5. The van der Waals surface area contributed by atoms with Crippen molar-refractivity contribution in [3.8, 4) is 11.3 Å². The molecule has 0 amide bonds. The van der Waals surface area contributed by atoms with Gasteiger partial charge < -0.3 is 12.4 Å². The normalized spacial score (nSPS) is 9.47. The van der Waals surface area contributed by atoms with Crippen molar-refractivity contribution in [2.45, 2.75) is 0 Å². The van der Waals surface area contributed by atoms with Crippen LogP contribution in [0.15, 0.2) is 48.7 Å². The third-order valence-electron chi connectivity index (χ3n) is 2.43. The molecule has 1 aromatic heterocycles. The summed E-state index contributed by atoms with van der Waals surface area (Å²) >= 11 is 0. The molecule has 1 heterocycles. The summed E-state index contributed by atoms with van der Waals surface area (Å²) in [5.74, 6) is 0. The van der Waals surface area contributed by atoms with Crippen LogP contribution in [0.25, 0.3) is 11.3 Å². The molecular formula is C12H11ClN2O2. The summed E-state index contributed by atoms with van der Waals surface area (Å²) in [6.45, 7) is 0. The molecule has 0 saturated carbocycles. The second-order valence-electron chi connectivity index (χ2n) is 3.50. The Balaban J connectivity index is 0.00000144. The summed E-state index contributed by atoms with van der Waals surface area (Å²) < 4.78 is 1.97. The van der Waals surface area contributed by atoms with E-state index in [0.29, 0.717) is 0 Å². The maximum Gasteiger partial charge on any atom is 0.269 e. The van der Waals surface area contributed by atoms with Gasteiger partial charge in [0.1, 0.15) is 7.05 Å². The van der Waals surface area contributed by atoms with E-state index in [9.17, 15) is 10.1 Å². The molecule has 88 valence electrons. The summed E-state index contributed by atoms with van der Waals surface area (Å²) in [6, 6.07) is 12.4. The number of hydrogen-bond donors (Lipinski definition) is 0. The second-order valence-corrected chi connectivity index (χ2v) is 3.50. The van der Waals surface area contributed by atoms with E-state index in [1.165, 1.54) is 12.1 Å². The van der Waals surface area contributed by atoms with Crippen molar-refractivity contribution >= 4 is 5.69 Å². The zero-order valence-electron chi connectivity index (χ0n) is 9.21. The van der Waals surface area contributed by atoms with Crippen molar-refractivity contribution in [3.63, 3.8) is 0 Å². The number of pyridine rings is 1. The Bertz CT molecular complexity index is 526. The average Bonchev–Trinajstić information content (AvgIpc) is 2.30. The minimum Gasteiger partial charge on any atom is -1.00 e. The highest BCUT2D eigenvalue weighted by atomic mass is 35.5. The predicted octanol–water partition coefficient (Wildman–Crippen LogP) is -0.910. The fourth-order valence-electron chi connectivity index (χ4n) is 1.58. The molecule has 17 heavy (non-hydrogen) atoms. The molecule has 0 fully saturated rings. The minimum absolute atomic E-state index is 0. The van der Waals surface area contributed by atoms with Crippen LogP contribution >= 0.6 is 0 Å². The molecule has 0 spiro atoms. The standard InChI is InChI=1S/C12H11N2O2.ClH/c1-13-9-3-2-4-12(13)10-5-7-11(8-6-10)14(15)16;/h2-9H,1H3;1H/q+1;/p-1. The number of halogens is 1. The molecule has 0 aliphatic carbocycles. The van der Waals surface area contributed by atoms with Gasteiger partial charge in [-0.2, -0.15) is 0 Å². The first-order valence-electron chi connectivity index (χ1n) is 4.88. The minimum atomic E-state index is -0.394. The van der Waals surface area contributed by atoms with Gasteiger partial charge in [-0.05, 0) is 18.2 Å². The van der Waals surface area contributed by atoms with Crippen LogP contribution in [0.1, 0.15) is 0 Å². The molecule has 5 heteroatoms. The Morgan fingerprint density at radius 1 is 1.12 bits per heavy atom. The van der Waals surface area contributed by atoms with E-state index in [1.807, 2.05) is 36.0 Å². The average molecular weight is 251 g/mol. The molecular weight excluding hydrogens is 240 g/mol. The first-order valence-corrected chi connectivity index (χ1v) is 4.88. The summed E-state index contributed by atoms with van der Waals surface area (Å²) in [5.41, 5.74) is 2.11. The number of hydrogen-bond acceptors (Lipinski definition) is 2. The molecule has 0 atom stereocenters. The van der Waals surface area contributed by atoms with Crippen LogP contribution in [0, 0.1) is 10.1 Å². The van der Waals surface area contributed by atoms with Gasteiger partial charge in [-0.15, -0.1) is 0 Å². The van der Waals surface area contributed by atoms with E-state index in [0.717, 1.165) is 11.3 Å². The molecule has 0 bridgehead atoms. The van der Waals surface area contributed by atoms with Crippen molar-refractivity contribution < 1.29 is 21.9 Å².